The van der Waals surface area contributed by atoms with Crippen molar-refractivity contribution in [3.8, 4) is 11.6 Å². The van der Waals surface area contributed by atoms with Gasteiger partial charge in [0.05, 0.1) is 0 Å². The first kappa shape index (κ1) is 17.4. The summed E-state index contributed by atoms with van der Waals surface area (Å²) in [4.78, 5) is 22.0. The van der Waals surface area contributed by atoms with Crippen LogP contribution in [0.1, 0.15) is 30.5 Å². The Bertz CT molecular complexity index is 949. The molecule has 3 aliphatic rings. The molecule has 3 atom stereocenters. The highest BCUT2D eigenvalue weighted by Gasteiger charge is 2.56. The van der Waals surface area contributed by atoms with Crippen molar-refractivity contribution in [1.29, 1.82) is 0 Å². The molecule has 28 heavy (non-hydrogen) atoms. The molecule has 2 aromatic heterocycles. The monoisotopic (exact) mass is 390 g/mol. The first-order chi connectivity index (χ1) is 13.3. The van der Waals surface area contributed by atoms with Gasteiger partial charge >= 0.3 is 0 Å². The Morgan fingerprint density at radius 1 is 1.29 bits per heavy atom. The van der Waals surface area contributed by atoms with Gasteiger partial charge in [-0.1, -0.05) is 0 Å². The smallest absolute Gasteiger partial charge is 0.290 e. The highest BCUT2D eigenvalue weighted by molar-refractivity contribution is 5.74. The van der Waals surface area contributed by atoms with Gasteiger partial charge in [0, 0.05) is 38.5 Å². The third-order valence-corrected chi connectivity index (χ3v) is 6.18. The van der Waals surface area contributed by atoms with Crippen LogP contribution in [0.25, 0.3) is 11.6 Å². The van der Waals surface area contributed by atoms with Crippen molar-refractivity contribution >= 4 is 11.7 Å². The number of rotatable bonds is 4. The van der Waals surface area contributed by atoms with Crippen LogP contribution in [0.5, 0.6) is 0 Å². The van der Waals surface area contributed by atoms with E-state index in [0.29, 0.717) is 61.5 Å². The molecule has 2 N–H and O–H groups in total. The summed E-state index contributed by atoms with van der Waals surface area (Å²) < 4.78 is 30.7. The van der Waals surface area contributed by atoms with Gasteiger partial charge in [-0.2, -0.15) is 8.78 Å². The first-order valence-corrected chi connectivity index (χ1v) is 9.40. The van der Waals surface area contributed by atoms with E-state index in [1.807, 2.05) is 4.90 Å². The maximum absolute atomic E-state index is 14.7. The van der Waals surface area contributed by atoms with Crippen molar-refractivity contribution in [1.82, 2.24) is 30.2 Å². The van der Waals surface area contributed by atoms with Gasteiger partial charge in [0.1, 0.15) is 11.5 Å². The number of alkyl halides is 2. The third-order valence-electron chi connectivity index (χ3n) is 6.18. The minimum Gasteiger partial charge on any atom is -0.370 e. The lowest BCUT2D eigenvalue weighted by molar-refractivity contribution is -0.118. The number of tetrazole rings is 1. The van der Waals surface area contributed by atoms with Crippen LogP contribution in [0.3, 0.4) is 0 Å². The van der Waals surface area contributed by atoms with Crippen LogP contribution in [0.2, 0.25) is 0 Å². The predicted octanol–water partition coefficient (Wildman–Crippen LogP) is 0.653. The topological polar surface area (TPSA) is 116 Å². The van der Waals surface area contributed by atoms with Gasteiger partial charge in [0.15, 0.2) is 0 Å². The lowest BCUT2D eigenvalue weighted by Gasteiger charge is -2.30. The molecule has 2 aliphatic carbocycles. The molecule has 9 nitrogen and oxygen atoms in total. The van der Waals surface area contributed by atoms with Crippen molar-refractivity contribution < 1.29 is 13.6 Å². The number of hydrogen-bond donors (Lipinski definition) is 1. The summed E-state index contributed by atoms with van der Waals surface area (Å²) in [6.45, 7) is 1.38. The van der Waals surface area contributed by atoms with Crippen LogP contribution >= 0.6 is 0 Å². The number of halogens is 2. The molecular formula is C17H20F2N8O. The number of carbonyl (C=O) groups excluding carboxylic acids is 1. The lowest BCUT2D eigenvalue weighted by atomic mass is 9.92. The number of nitrogens with zero attached hydrogens (tertiary/aromatic N) is 7. The van der Waals surface area contributed by atoms with E-state index >= 15 is 0 Å². The van der Waals surface area contributed by atoms with Crippen molar-refractivity contribution in [2.24, 2.45) is 30.5 Å². The molecule has 2 fully saturated rings. The molecule has 11 heteroatoms. The highest BCUT2D eigenvalue weighted by atomic mass is 19.3. The number of hydrogen-bond acceptors (Lipinski definition) is 7. The molecule has 1 saturated carbocycles. The molecule has 0 bridgehead atoms. The van der Waals surface area contributed by atoms with Crippen molar-refractivity contribution in [2.45, 2.75) is 31.6 Å². The van der Waals surface area contributed by atoms with Gasteiger partial charge in [-0.15, -0.1) is 5.10 Å². The van der Waals surface area contributed by atoms with Crippen LogP contribution in [0, 0.1) is 17.8 Å². The molecule has 1 amide bonds. The Kier molecular flexibility index (Phi) is 3.65. The molecular weight excluding hydrogens is 370 g/mol. The van der Waals surface area contributed by atoms with Gasteiger partial charge in [-0.05, 0) is 41.0 Å². The number of anilines is 1. The zero-order valence-corrected chi connectivity index (χ0v) is 15.3. The molecule has 148 valence electrons. The van der Waals surface area contributed by atoms with Crippen molar-refractivity contribution in [3.63, 3.8) is 0 Å². The fraction of sp³-hybridized carbons (Fsp3) is 0.647. The number of aromatic nitrogens is 6. The average molecular weight is 390 g/mol. The Balaban J connectivity index is 1.53. The van der Waals surface area contributed by atoms with Gasteiger partial charge in [0.25, 0.3) is 5.92 Å². The second-order valence-corrected chi connectivity index (χ2v) is 7.95. The van der Waals surface area contributed by atoms with E-state index in [2.05, 4.69) is 25.5 Å². The van der Waals surface area contributed by atoms with Crippen LogP contribution in [-0.4, -0.2) is 49.2 Å². The molecule has 2 aromatic rings. The number of amides is 1. The van der Waals surface area contributed by atoms with Crippen molar-refractivity contribution in [2.75, 3.05) is 18.0 Å². The average Bonchev–Trinajstić information content (AvgIpc) is 3.01. The largest absolute Gasteiger partial charge is 0.370 e. The van der Waals surface area contributed by atoms with Crippen LogP contribution in [-0.2, 0) is 24.2 Å². The predicted molar refractivity (Wildman–Crippen MR) is 93.2 cm³/mol. The molecule has 0 spiro atoms. The van der Waals surface area contributed by atoms with E-state index in [1.165, 1.54) is 4.68 Å². The molecule has 0 aromatic carbocycles. The maximum atomic E-state index is 14.7. The van der Waals surface area contributed by atoms with Gasteiger partial charge in [-0.25, -0.2) is 14.6 Å². The van der Waals surface area contributed by atoms with Crippen LogP contribution in [0.4, 0.5) is 14.6 Å². The number of fused-ring (bicyclic) bond motifs is 2. The van der Waals surface area contributed by atoms with E-state index in [0.717, 1.165) is 0 Å². The number of aryl methyl sites for hydroxylation is 1. The molecule has 0 radical (unpaired) electrons. The number of primary amides is 1. The van der Waals surface area contributed by atoms with Crippen LogP contribution in [0.15, 0.2) is 0 Å². The highest BCUT2D eigenvalue weighted by Crippen LogP contribution is 2.55. The van der Waals surface area contributed by atoms with Crippen molar-refractivity contribution in [3.05, 3.63) is 11.3 Å². The summed E-state index contributed by atoms with van der Waals surface area (Å²) in [5.74, 6) is -1.35. The standard InChI is InChI=1S/C17H20F2N8O/c1-26-16(23-24-25-26)14-21-13-8(3-2-4-17(13,18)19)15(22-14)27-6-10-9(5-12(20)28)11(10)7-27/h9-11H,2-7H2,1H3,(H2,20,28)/t9?,10-,11+. The maximum Gasteiger partial charge on any atom is 0.290 e. The van der Waals surface area contributed by atoms with Gasteiger partial charge in [0.2, 0.25) is 17.6 Å². The summed E-state index contributed by atoms with van der Waals surface area (Å²) in [7, 11) is 1.62. The number of nitrogens with two attached hydrogens (primary N) is 1. The second-order valence-electron chi connectivity index (χ2n) is 7.95. The van der Waals surface area contributed by atoms with E-state index < -0.39 is 5.92 Å². The van der Waals surface area contributed by atoms with Crippen LogP contribution < -0.4 is 10.6 Å². The lowest BCUT2D eigenvalue weighted by Crippen LogP contribution is -2.31. The normalized spacial score (nSPS) is 27.4. The molecule has 1 saturated heterocycles. The number of carbonyl (C=O) groups is 1. The summed E-state index contributed by atoms with van der Waals surface area (Å²) in [6, 6.07) is 0. The summed E-state index contributed by atoms with van der Waals surface area (Å²) in [5, 5.41) is 11.2. The summed E-state index contributed by atoms with van der Waals surface area (Å²) in [5.41, 5.74) is 5.62. The zero-order chi connectivity index (χ0) is 19.6. The molecule has 5 rings (SSSR count). The molecule has 1 aliphatic heterocycles. The zero-order valence-electron chi connectivity index (χ0n) is 15.3. The first-order valence-electron chi connectivity index (χ1n) is 9.40. The minimum atomic E-state index is -3.00. The SMILES string of the molecule is Cn1nnnc1-c1nc(N2C[C@@H]3C(CC(N)=O)[C@@H]3C2)c2c(n1)C(F)(F)CCC2. The Morgan fingerprint density at radius 3 is 2.68 bits per heavy atom. The van der Waals surface area contributed by atoms with Gasteiger partial charge in [-0.3, -0.25) is 4.79 Å². The summed E-state index contributed by atoms with van der Waals surface area (Å²) >= 11 is 0. The minimum absolute atomic E-state index is 0.108. The van der Waals surface area contributed by atoms with E-state index in [1.54, 1.807) is 7.05 Å². The second kappa shape index (κ2) is 5.89. The van der Waals surface area contributed by atoms with Gasteiger partial charge < -0.3 is 10.6 Å². The van der Waals surface area contributed by atoms with E-state index in [9.17, 15) is 13.6 Å². The quantitative estimate of drug-likeness (QED) is 0.815. The molecule has 1 unspecified atom stereocenters. The Morgan fingerprint density at radius 2 is 2.04 bits per heavy atom. The Labute approximate surface area is 159 Å². The fourth-order valence-electron chi connectivity index (χ4n) is 4.75. The van der Waals surface area contributed by atoms with E-state index in [4.69, 9.17) is 5.73 Å². The summed E-state index contributed by atoms with van der Waals surface area (Å²) in [6.07, 6.45) is 1.08. The number of piperidine rings is 1. The third kappa shape index (κ3) is 2.63. The molecule has 3 heterocycles. The Hall–Kier alpha value is -2.72. The fourth-order valence-corrected chi connectivity index (χ4v) is 4.75. The van der Waals surface area contributed by atoms with E-state index in [-0.39, 0.29) is 29.7 Å².